The summed E-state index contributed by atoms with van der Waals surface area (Å²) in [5, 5.41) is 3.15. The number of amides is 2. The van der Waals surface area contributed by atoms with Crippen LogP contribution in [0.5, 0.6) is 0 Å². The van der Waals surface area contributed by atoms with Gasteiger partial charge in [-0.3, -0.25) is 9.59 Å². The molecule has 0 bridgehead atoms. The van der Waals surface area contributed by atoms with E-state index in [1.165, 1.54) is 0 Å². The quantitative estimate of drug-likeness (QED) is 0.776. The van der Waals surface area contributed by atoms with Gasteiger partial charge in [0.15, 0.2) is 0 Å². The van der Waals surface area contributed by atoms with Gasteiger partial charge in [0.2, 0.25) is 11.8 Å². The zero-order chi connectivity index (χ0) is 13.2. The van der Waals surface area contributed by atoms with Crippen LogP contribution < -0.4 is 5.32 Å². The number of nitrogens with one attached hydrogen (secondary N) is 1. The van der Waals surface area contributed by atoms with Crippen LogP contribution in [0.15, 0.2) is 0 Å². The fourth-order valence-corrected chi connectivity index (χ4v) is 3.33. The predicted molar refractivity (Wildman–Crippen MR) is 71.5 cm³/mol. The molecule has 106 valence electrons. The zero-order valence-corrected chi connectivity index (χ0v) is 11.4. The van der Waals surface area contributed by atoms with Crippen molar-refractivity contribution in [3.63, 3.8) is 0 Å². The lowest BCUT2D eigenvalue weighted by Gasteiger charge is -2.41. The molecule has 5 nitrogen and oxygen atoms in total. The molecule has 5 heteroatoms. The van der Waals surface area contributed by atoms with Crippen LogP contribution in [0.1, 0.15) is 32.1 Å². The molecule has 0 unspecified atom stereocenters. The summed E-state index contributed by atoms with van der Waals surface area (Å²) in [7, 11) is 0. The van der Waals surface area contributed by atoms with E-state index in [2.05, 4.69) is 10.2 Å². The van der Waals surface area contributed by atoms with Crippen LogP contribution in [0.4, 0.5) is 0 Å². The molecule has 0 aromatic heterocycles. The van der Waals surface area contributed by atoms with E-state index in [9.17, 15) is 9.59 Å². The Morgan fingerprint density at radius 1 is 1.11 bits per heavy atom. The molecule has 3 fully saturated rings. The first-order chi connectivity index (χ1) is 9.25. The van der Waals surface area contributed by atoms with Gasteiger partial charge in [-0.25, -0.2) is 0 Å². The maximum Gasteiger partial charge on any atom is 0.228 e. The molecule has 0 spiro atoms. The van der Waals surface area contributed by atoms with Gasteiger partial charge in [-0.15, -0.1) is 0 Å². The Labute approximate surface area is 114 Å². The fourth-order valence-electron chi connectivity index (χ4n) is 3.33. The first-order valence-corrected chi connectivity index (χ1v) is 7.54. The topological polar surface area (TPSA) is 52.7 Å². The molecule has 0 radical (unpaired) electrons. The van der Waals surface area contributed by atoms with Gasteiger partial charge in [-0.05, 0) is 25.7 Å². The third kappa shape index (κ3) is 2.61. The number of piperidine rings is 2. The predicted octanol–water partition coefficient (Wildman–Crippen LogP) is 0.209. The second-order valence-electron chi connectivity index (χ2n) is 5.96. The van der Waals surface area contributed by atoms with Gasteiger partial charge in [0.25, 0.3) is 0 Å². The molecule has 3 aliphatic rings. The monoisotopic (exact) mass is 265 g/mol. The van der Waals surface area contributed by atoms with Crippen LogP contribution in [0, 0.1) is 5.92 Å². The summed E-state index contributed by atoms with van der Waals surface area (Å²) >= 11 is 0. The van der Waals surface area contributed by atoms with Crippen molar-refractivity contribution in [2.24, 2.45) is 5.92 Å². The van der Waals surface area contributed by atoms with Crippen LogP contribution >= 0.6 is 0 Å². The third-order valence-electron chi connectivity index (χ3n) is 4.71. The van der Waals surface area contributed by atoms with Crippen molar-refractivity contribution in [1.82, 2.24) is 15.1 Å². The van der Waals surface area contributed by atoms with Gasteiger partial charge >= 0.3 is 0 Å². The minimum Gasteiger partial charge on any atom is -0.342 e. The number of hydrogen-bond acceptors (Lipinski definition) is 3. The average Bonchev–Trinajstić information content (AvgIpc) is 2.37. The van der Waals surface area contributed by atoms with E-state index in [0.29, 0.717) is 24.3 Å². The first-order valence-electron chi connectivity index (χ1n) is 7.54. The van der Waals surface area contributed by atoms with E-state index >= 15 is 0 Å². The number of nitrogens with zero attached hydrogens (tertiary/aromatic N) is 2. The van der Waals surface area contributed by atoms with Crippen molar-refractivity contribution in [1.29, 1.82) is 0 Å². The number of hydrogen-bond donors (Lipinski definition) is 1. The smallest absolute Gasteiger partial charge is 0.228 e. The molecule has 3 aliphatic heterocycles. The second-order valence-corrected chi connectivity index (χ2v) is 5.96. The molecule has 0 aromatic rings. The number of likely N-dealkylation sites (tertiary alicyclic amines) is 2. The Balaban J connectivity index is 1.51. The van der Waals surface area contributed by atoms with Crippen LogP contribution in [0.3, 0.4) is 0 Å². The molecule has 2 amide bonds. The fraction of sp³-hybridized carbons (Fsp3) is 0.857. The van der Waals surface area contributed by atoms with Gasteiger partial charge < -0.3 is 15.1 Å². The Bertz CT molecular complexity index is 360. The van der Waals surface area contributed by atoms with E-state index in [0.717, 1.165) is 58.4 Å². The van der Waals surface area contributed by atoms with Crippen LogP contribution in [-0.2, 0) is 9.59 Å². The maximum atomic E-state index is 12.1. The highest BCUT2D eigenvalue weighted by molar-refractivity contribution is 5.80. The lowest BCUT2D eigenvalue weighted by molar-refractivity contribution is -0.141. The van der Waals surface area contributed by atoms with Gasteiger partial charge in [0, 0.05) is 45.2 Å². The molecular formula is C14H23N3O2. The Morgan fingerprint density at radius 2 is 1.84 bits per heavy atom. The van der Waals surface area contributed by atoms with Crippen molar-refractivity contribution in [2.45, 2.75) is 38.1 Å². The van der Waals surface area contributed by atoms with Crippen LogP contribution in [0.2, 0.25) is 0 Å². The summed E-state index contributed by atoms with van der Waals surface area (Å²) in [6.45, 7) is 4.24. The van der Waals surface area contributed by atoms with Gasteiger partial charge in [-0.1, -0.05) is 0 Å². The van der Waals surface area contributed by atoms with Gasteiger partial charge in [0.05, 0.1) is 5.92 Å². The highest BCUT2D eigenvalue weighted by atomic mass is 16.2. The van der Waals surface area contributed by atoms with Gasteiger partial charge in [0.1, 0.15) is 0 Å². The Hall–Kier alpha value is -1.10. The zero-order valence-electron chi connectivity index (χ0n) is 11.4. The number of rotatable bonds is 2. The van der Waals surface area contributed by atoms with Crippen molar-refractivity contribution in [3.8, 4) is 0 Å². The summed E-state index contributed by atoms with van der Waals surface area (Å²) in [4.78, 5) is 28.1. The molecular weight excluding hydrogens is 242 g/mol. The minimum absolute atomic E-state index is 0.202. The lowest BCUT2D eigenvalue weighted by atomic mass is 9.96. The highest BCUT2D eigenvalue weighted by Crippen LogP contribution is 2.23. The molecule has 0 aromatic carbocycles. The minimum atomic E-state index is 0.202. The lowest BCUT2D eigenvalue weighted by Crippen LogP contribution is -2.55. The molecule has 3 heterocycles. The average molecular weight is 265 g/mol. The van der Waals surface area contributed by atoms with Gasteiger partial charge in [-0.2, -0.15) is 0 Å². The number of carbonyl (C=O) groups is 2. The molecule has 3 rings (SSSR count). The standard InChI is InChI=1S/C14H23N3O2/c18-13-3-1-2-6-17(13)12-4-7-16(8-5-12)14(19)11-9-15-10-11/h11-12,15H,1-10H2. The summed E-state index contributed by atoms with van der Waals surface area (Å²) < 4.78 is 0. The molecule has 0 atom stereocenters. The van der Waals surface area contributed by atoms with Crippen molar-refractivity contribution in [2.75, 3.05) is 32.7 Å². The van der Waals surface area contributed by atoms with Crippen molar-refractivity contribution < 1.29 is 9.59 Å². The Morgan fingerprint density at radius 3 is 2.42 bits per heavy atom. The summed E-state index contributed by atoms with van der Waals surface area (Å²) in [5.41, 5.74) is 0. The third-order valence-corrected chi connectivity index (χ3v) is 4.71. The number of carbonyl (C=O) groups excluding carboxylic acids is 2. The van der Waals surface area contributed by atoms with E-state index in [1.54, 1.807) is 0 Å². The van der Waals surface area contributed by atoms with Crippen LogP contribution in [0.25, 0.3) is 0 Å². The molecule has 0 aliphatic carbocycles. The highest BCUT2D eigenvalue weighted by Gasteiger charge is 2.34. The molecule has 1 N–H and O–H groups in total. The maximum absolute atomic E-state index is 12.1. The van der Waals surface area contributed by atoms with E-state index in [1.807, 2.05) is 4.90 Å². The van der Waals surface area contributed by atoms with Crippen LogP contribution in [-0.4, -0.2) is 60.4 Å². The summed E-state index contributed by atoms with van der Waals surface area (Å²) in [6, 6.07) is 0.372. The second kappa shape index (κ2) is 5.49. The normalized spacial score (nSPS) is 26.4. The van der Waals surface area contributed by atoms with E-state index < -0.39 is 0 Å². The first kappa shape index (κ1) is 12.9. The Kier molecular flexibility index (Phi) is 3.73. The van der Waals surface area contributed by atoms with Crippen molar-refractivity contribution >= 4 is 11.8 Å². The SMILES string of the molecule is O=C(C1CNC1)N1CCC(N2CCCCC2=O)CC1. The summed E-state index contributed by atoms with van der Waals surface area (Å²) in [5.74, 6) is 0.828. The van der Waals surface area contributed by atoms with E-state index in [-0.39, 0.29) is 5.92 Å². The van der Waals surface area contributed by atoms with E-state index in [4.69, 9.17) is 0 Å². The molecule has 19 heavy (non-hydrogen) atoms. The summed E-state index contributed by atoms with van der Waals surface area (Å²) in [6.07, 6.45) is 4.81. The molecule has 3 saturated heterocycles. The van der Waals surface area contributed by atoms with Crippen molar-refractivity contribution in [3.05, 3.63) is 0 Å². The largest absolute Gasteiger partial charge is 0.342 e. The molecule has 0 saturated carbocycles.